The molecule has 0 radical (unpaired) electrons. The van der Waals surface area contributed by atoms with Crippen molar-refractivity contribution < 1.29 is 9.53 Å². The number of aromatic nitrogens is 1. The summed E-state index contributed by atoms with van der Waals surface area (Å²) in [4.78, 5) is 20.9. The first-order valence-corrected chi connectivity index (χ1v) is 11.7. The van der Waals surface area contributed by atoms with Crippen LogP contribution in [0, 0.1) is 0 Å². The maximum atomic E-state index is 11.5. The van der Waals surface area contributed by atoms with Crippen molar-refractivity contribution in [1.82, 2.24) is 9.88 Å². The van der Waals surface area contributed by atoms with Gasteiger partial charge in [-0.2, -0.15) is 4.98 Å². The summed E-state index contributed by atoms with van der Waals surface area (Å²) in [6.07, 6.45) is 4.32. The number of pyridine rings is 1. The molecule has 0 bridgehead atoms. The number of nitrogens with zero attached hydrogens (tertiary/aromatic N) is 3. The average Bonchev–Trinajstić information content (AvgIpc) is 2.79. The molecule has 0 saturated carbocycles. The summed E-state index contributed by atoms with van der Waals surface area (Å²) in [5.41, 5.74) is 3.62. The molecule has 166 valence electrons. The summed E-state index contributed by atoms with van der Waals surface area (Å²) in [6, 6.07) is 10.1. The standard InChI is InChI=1S/C24H31ClN4O2/c1-2-19-20(25)6-5-7-21(19)29-15-13-28(14-16-29)12-3-4-17-31-23-11-9-18-8-10-22(30)26-24(18)27-23/h5-7,9,11H,2-4,8,10,12-17H2,1H3,(H,26,27,30). The van der Waals surface area contributed by atoms with Gasteiger partial charge in [-0.1, -0.05) is 24.6 Å². The van der Waals surface area contributed by atoms with Crippen LogP contribution in [0.2, 0.25) is 5.02 Å². The van der Waals surface area contributed by atoms with Crippen LogP contribution in [-0.4, -0.2) is 55.1 Å². The van der Waals surface area contributed by atoms with Gasteiger partial charge in [0.25, 0.3) is 0 Å². The number of piperazine rings is 1. The van der Waals surface area contributed by atoms with Crippen molar-refractivity contribution in [2.75, 3.05) is 49.5 Å². The van der Waals surface area contributed by atoms with E-state index in [-0.39, 0.29) is 5.91 Å². The van der Waals surface area contributed by atoms with Crippen LogP contribution in [-0.2, 0) is 17.6 Å². The normalized spacial score (nSPS) is 16.7. The van der Waals surface area contributed by atoms with Crippen LogP contribution >= 0.6 is 11.6 Å². The van der Waals surface area contributed by atoms with Gasteiger partial charge in [-0.25, -0.2) is 0 Å². The van der Waals surface area contributed by atoms with Gasteiger partial charge in [0.1, 0.15) is 5.82 Å². The molecular formula is C24H31ClN4O2. The first-order chi connectivity index (χ1) is 15.1. The molecule has 2 aromatic rings. The first kappa shape index (κ1) is 21.9. The van der Waals surface area contributed by atoms with Crippen LogP contribution in [0.3, 0.4) is 0 Å². The Morgan fingerprint density at radius 1 is 1.10 bits per heavy atom. The number of benzene rings is 1. The molecule has 6 nitrogen and oxygen atoms in total. The molecule has 1 fully saturated rings. The fourth-order valence-corrected chi connectivity index (χ4v) is 4.63. The fraction of sp³-hybridized carbons (Fsp3) is 0.500. The van der Waals surface area contributed by atoms with Crippen molar-refractivity contribution in [2.45, 2.75) is 39.0 Å². The van der Waals surface area contributed by atoms with Crippen LogP contribution in [0.1, 0.15) is 37.3 Å². The molecule has 7 heteroatoms. The van der Waals surface area contributed by atoms with Gasteiger partial charge in [-0.3, -0.25) is 9.69 Å². The highest BCUT2D eigenvalue weighted by Crippen LogP contribution is 2.29. The predicted octanol–water partition coefficient (Wildman–Crippen LogP) is 4.16. The van der Waals surface area contributed by atoms with Crippen molar-refractivity contribution in [2.24, 2.45) is 0 Å². The number of nitrogens with one attached hydrogen (secondary N) is 1. The monoisotopic (exact) mass is 442 g/mol. The zero-order valence-electron chi connectivity index (χ0n) is 18.2. The number of fused-ring (bicyclic) bond motifs is 1. The zero-order valence-corrected chi connectivity index (χ0v) is 19.0. The van der Waals surface area contributed by atoms with Crippen molar-refractivity contribution in [1.29, 1.82) is 0 Å². The maximum absolute atomic E-state index is 11.5. The number of hydrogen-bond donors (Lipinski definition) is 1. The molecule has 1 amide bonds. The minimum absolute atomic E-state index is 0.0264. The zero-order chi connectivity index (χ0) is 21.6. The Bertz CT molecular complexity index is 912. The molecular weight excluding hydrogens is 412 g/mol. The second-order valence-corrected chi connectivity index (χ2v) is 8.59. The molecule has 3 heterocycles. The summed E-state index contributed by atoms with van der Waals surface area (Å²) in [5.74, 6) is 1.26. The number of anilines is 2. The highest BCUT2D eigenvalue weighted by molar-refractivity contribution is 6.31. The van der Waals surface area contributed by atoms with E-state index in [4.69, 9.17) is 16.3 Å². The lowest BCUT2D eigenvalue weighted by molar-refractivity contribution is -0.116. The van der Waals surface area contributed by atoms with E-state index in [0.717, 1.165) is 69.0 Å². The Hall–Kier alpha value is -2.31. The summed E-state index contributed by atoms with van der Waals surface area (Å²) in [7, 11) is 0. The summed E-state index contributed by atoms with van der Waals surface area (Å²) >= 11 is 6.39. The second-order valence-electron chi connectivity index (χ2n) is 8.18. The van der Waals surface area contributed by atoms with Crippen LogP contribution in [0.4, 0.5) is 11.5 Å². The van der Waals surface area contributed by atoms with Gasteiger partial charge in [-0.15, -0.1) is 0 Å². The Balaban J connectivity index is 1.16. The summed E-state index contributed by atoms with van der Waals surface area (Å²) < 4.78 is 5.81. The molecule has 1 aromatic heterocycles. The predicted molar refractivity (Wildman–Crippen MR) is 125 cm³/mol. The lowest BCUT2D eigenvalue weighted by Crippen LogP contribution is -2.47. The van der Waals surface area contributed by atoms with Gasteiger partial charge in [-0.05, 0) is 61.6 Å². The largest absolute Gasteiger partial charge is 0.478 e. The van der Waals surface area contributed by atoms with Gasteiger partial charge in [0.05, 0.1) is 6.61 Å². The van der Waals surface area contributed by atoms with Crippen LogP contribution < -0.4 is 15.0 Å². The number of hydrogen-bond acceptors (Lipinski definition) is 5. The molecule has 2 aliphatic rings. The molecule has 31 heavy (non-hydrogen) atoms. The van der Waals surface area contributed by atoms with E-state index in [2.05, 4.69) is 39.2 Å². The molecule has 1 saturated heterocycles. The molecule has 1 N–H and O–H groups in total. The summed E-state index contributed by atoms with van der Waals surface area (Å²) in [5, 5.41) is 3.70. The molecule has 0 aliphatic carbocycles. The number of carbonyl (C=O) groups excluding carboxylic acids is 1. The number of unbranched alkanes of at least 4 members (excludes halogenated alkanes) is 1. The van der Waals surface area contributed by atoms with Crippen molar-refractivity contribution in [3.05, 3.63) is 46.5 Å². The van der Waals surface area contributed by atoms with E-state index >= 15 is 0 Å². The lowest BCUT2D eigenvalue weighted by Gasteiger charge is -2.37. The van der Waals surface area contributed by atoms with Gasteiger partial charge in [0, 0.05) is 49.4 Å². The van der Waals surface area contributed by atoms with Gasteiger partial charge < -0.3 is 15.0 Å². The molecule has 0 unspecified atom stereocenters. The number of ether oxygens (including phenoxy) is 1. The maximum Gasteiger partial charge on any atom is 0.225 e. The Morgan fingerprint density at radius 2 is 1.94 bits per heavy atom. The molecule has 0 atom stereocenters. The quantitative estimate of drug-likeness (QED) is 0.622. The number of aryl methyl sites for hydroxylation is 1. The van der Waals surface area contributed by atoms with Crippen molar-refractivity contribution >= 4 is 29.0 Å². The third kappa shape index (κ3) is 5.49. The fourth-order valence-electron chi connectivity index (χ4n) is 4.32. The number of halogens is 1. The molecule has 2 aliphatic heterocycles. The van der Waals surface area contributed by atoms with E-state index in [1.807, 2.05) is 18.2 Å². The third-order valence-electron chi connectivity index (χ3n) is 6.11. The van der Waals surface area contributed by atoms with Crippen LogP contribution in [0.15, 0.2) is 30.3 Å². The number of rotatable bonds is 8. The SMILES string of the molecule is CCc1c(Cl)cccc1N1CCN(CCCCOc2ccc3c(n2)NC(=O)CC3)CC1. The van der Waals surface area contributed by atoms with E-state index in [9.17, 15) is 4.79 Å². The van der Waals surface area contributed by atoms with Crippen LogP contribution in [0.25, 0.3) is 0 Å². The average molecular weight is 443 g/mol. The Labute approximate surface area is 189 Å². The topological polar surface area (TPSA) is 57.7 Å². The highest BCUT2D eigenvalue weighted by atomic mass is 35.5. The minimum Gasteiger partial charge on any atom is -0.478 e. The Morgan fingerprint density at radius 3 is 2.74 bits per heavy atom. The minimum atomic E-state index is 0.0264. The van der Waals surface area contributed by atoms with Gasteiger partial charge in [0.15, 0.2) is 0 Å². The highest BCUT2D eigenvalue weighted by Gasteiger charge is 2.20. The first-order valence-electron chi connectivity index (χ1n) is 11.3. The van der Waals surface area contributed by atoms with E-state index in [0.29, 0.717) is 24.7 Å². The molecule has 0 spiro atoms. The van der Waals surface area contributed by atoms with Crippen molar-refractivity contribution in [3.63, 3.8) is 0 Å². The number of carbonyl (C=O) groups is 1. The van der Waals surface area contributed by atoms with E-state index in [1.165, 1.54) is 11.3 Å². The lowest BCUT2D eigenvalue weighted by atomic mass is 10.1. The second kappa shape index (κ2) is 10.3. The van der Waals surface area contributed by atoms with Gasteiger partial charge in [0.2, 0.25) is 11.8 Å². The smallest absolute Gasteiger partial charge is 0.225 e. The van der Waals surface area contributed by atoms with E-state index in [1.54, 1.807) is 0 Å². The van der Waals surface area contributed by atoms with Gasteiger partial charge >= 0.3 is 0 Å². The summed E-state index contributed by atoms with van der Waals surface area (Å²) in [6.45, 7) is 8.11. The Kier molecular flexibility index (Phi) is 7.30. The molecule has 1 aromatic carbocycles. The number of amides is 1. The third-order valence-corrected chi connectivity index (χ3v) is 6.47. The van der Waals surface area contributed by atoms with E-state index < -0.39 is 0 Å². The van der Waals surface area contributed by atoms with Crippen molar-refractivity contribution in [3.8, 4) is 5.88 Å². The molecule has 4 rings (SSSR count). The van der Waals surface area contributed by atoms with Crippen LogP contribution in [0.5, 0.6) is 5.88 Å².